The molecule has 0 rings (SSSR count). The predicted octanol–water partition coefficient (Wildman–Crippen LogP) is 14.3. The molecular formula is C40H86O3S2Sn2. The summed E-state index contributed by atoms with van der Waals surface area (Å²) in [6.45, 7) is 14.0. The molecular weight excluding hydrogens is 830 g/mol. The fourth-order valence-electron chi connectivity index (χ4n) is 6.62. The Kier molecular flexibility index (Phi) is 36.9. The molecule has 0 aromatic rings. The molecule has 0 aromatic heterocycles. The number of rotatable bonds is 38. The fourth-order valence-corrected chi connectivity index (χ4v) is 86.0. The van der Waals surface area contributed by atoms with Crippen LogP contribution in [0.2, 0.25) is 17.7 Å². The van der Waals surface area contributed by atoms with E-state index in [1.807, 2.05) is 0 Å². The summed E-state index contributed by atoms with van der Waals surface area (Å²) < 4.78 is 13.3. The third-order valence-electron chi connectivity index (χ3n) is 9.88. The molecule has 284 valence electrons. The van der Waals surface area contributed by atoms with E-state index in [1.165, 1.54) is 172 Å². The smallest absolute Gasteiger partial charge is 0.0654 e. The summed E-state index contributed by atoms with van der Waals surface area (Å²) in [7, 11) is 4.41. The Balaban J connectivity index is 5.49. The zero-order valence-electron chi connectivity index (χ0n) is 32.9. The summed E-state index contributed by atoms with van der Waals surface area (Å²) >= 11 is -6.13. The topological polar surface area (TPSA) is 49.7 Å². The minimum absolute atomic E-state index is 0.181. The van der Waals surface area contributed by atoms with Crippen molar-refractivity contribution in [1.82, 2.24) is 0 Å². The van der Waals surface area contributed by atoms with Crippen LogP contribution in [0.1, 0.15) is 208 Å². The van der Waals surface area contributed by atoms with Crippen LogP contribution in [0.4, 0.5) is 0 Å². The van der Waals surface area contributed by atoms with E-state index >= 15 is 0 Å². The first-order valence-corrected chi connectivity index (χ1v) is 40.6. The van der Waals surface area contributed by atoms with E-state index in [2.05, 4.69) is 59.4 Å². The standard InChI is InChI=1S/2C12H26OS.4C4H9.O.2Sn/c2*1-2-3-4-5-6-7-8-9-10-12(13)11-14;4*1-3-4-2;;;/h2*12-14H,2-11H2,1H3;4*1,3-4H2,2H3;;;/q;;;;;;;2*+1/p-2. The molecule has 0 aromatic carbocycles. The van der Waals surface area contributed by atoms with Crippen LogP contribution in [-0.2, 0) is 1.41 Å². The van der Waals surface area contributed by atoms with Crippen LogP contribution >= 0.6 is 17.9 Å². The number of aliphatic hydroxyl groups excluding tert-OH is 2. The van der Waals surface area contributed by atoms with E-state index in [0.717, 1.165) is 24.3 Å². The number of aliphatic hydroxyl groups is 2. The van der Waals surface area contributed by atoms with Crippen LogP contribution in [0.5, 0.6) is 0 Å². The summed E-state index contributed by atoms with van der Waals surface area (Å²) in [4.78, 5) is 0. The maximum absolute atomic E-state index is 11.2. The third-order valence-corrected chi connectivity index (χ3v) is 66.0. The van der Waals surface area contributed by atoms with Crippen LogP contribution in [0.15, 0.2) is 0 Å². The molecule has 2 N–H and O–H groups in total. The average molecular weight is 917 g/mol. The first kappa shape index (κ1) is 49.2. The third kappa shape index (κ3) is 28.4. The van der Waals surface area contributed by atoms with Crippen LogP contribution in [0.25, 0.3) is 0 Å². The van der Waals surface area contributed by atoms with Crippen molar-refractivity contribution in [2.75, 3.05) is 11.5 Å². The molecule has 0 amide bonds. The molecule has 0 bridgehead atoms. The predicted molar refractivity (Wildman–Crippen MR) is 223 cm³/mol. The number of hydrogen-bond acceptors (Lipinski definition) is 5. The first-order valence-electron chi connectivity index (χ1n) is 21.2. The van der Waals surface area contributed by atoms with Gasteiger partial charge in [0.25, 0.3) is 0 Å². The minimum atomic E-state index is -3.06. The quantitative estimate of drug-likeness (QED) is 0.0477. The molecule has 0 fully saturated rings. The van der Waals surface area contributed by atoms with Gasteiger partial charge in [0.15, 0.2) is 0 Å². The van der Waals surface area contributed by atoms with Gasteiger partial charge in [0, 0.05) is 0 Å². The van der Waals surface area contributed by atoms with Gasteiger partial charge in [0.05, 0.1) is 0 Å². The zero-order valence-corrected chi connectivity index (χ0v) is 40.2. The average Bonchev–Trinajstić information content (AvgIpc) is 3.08. The summed E-state index contributed by atoms with van der Waals surface area (Å²) in [5.74, 6) is 1.80. The molecule has 0 aliphatic rings. The summed E-state index contributed by atoms with van der Waals surface area (Å²) in [6.07, 6.45) is 32.9. The van der Waals surface area contributed by atoms with Crippen LogP contribution in [0.3, 0.4) is 0 Å². The second-order valence-corrected chi connectivity index (χ2v) is 51.6. The second kappa shape index (κ2) is 35.2. The molecule has 7 heteroatoms. The van der Waals surface area contributed by atoms with Gasteiger partial charge in [-0.2, -0.15) is 0 Å². The first-order chi connectivity index (χ1) is 22.9. The van der Waals surface area contributed by atoms with Gasteiger partial charge in [-0.3, -0.25) is 0 Å². The molecule has 0 heterocycles. The van der Waals surface area contributed by atoms with Crippen molar-refractivity contribution >= 4 is 52.7 Å². The van der Waals surface area contributed by atoms with Crippen molar-refractivity contribution in [2.24, 2.45) is 0 Å². The molecule has 0 saturated heterocycles. The molecule has 0 aliphatic carbocycles. The van der Waals surface area contributed by atoms with Crippen molar-refractivity contribution in [1.29, 1.82) is 0 Å². The zero-order chi connectivity index (χ0) is 34.9. The Labute approximate surface area is 311 Å². The fraction of sp³-hybridized carbons (Fsp3) is 1.00. The van der Waals surface area contributed by atoms with E-state index in [1.54, 1.807) is 0 Å². The van der Waals surface area contributed by atoms with E-state index in [4.69, 9.17) is 1.41 Å². The van der Waals surface area contributed by atoms with Crippen LogP contribution in [0, 0.1) is 0 Å². The van der Waals surface area contributed by atoms with Crippen molar-refractivity contribution in [3.63, 3.8) is 0 Å². The molecule has 0 aliphatic heterocycles. The Morgan fingerprint density at radius 1 is 0.383 bits per heavy atom. The van der Waals surface area contributed by atoms with Crippen LogP contribution in [-0.4, -0.2) is 68.7 Å². The van der Waals surface area contributed by atoms with E-state index < -0.39 is 34.8 Å². The van der Waals surface area contributed by atoms with Crippen molar-refractivity contribution < 1.29 is 11.6 Å². The Hall–Kier alpha value is 2.18. The van der Waals surface area contributed by atoms with Gasteiger partial charge in [-0.15, -0.1) is 0 Å². The van der Waals surface area contributed by atoms with Crippen LogP contribution < -0.4 is 0 Å². The van der Waals surface area contributed by atoms with E-state index in [0.29, 0.717) is 0 Å². The van der Waals surface area contributed by atoms with E-state index in [-0.39, 0.29) is 12.2 Å². The Morgan fingerprint density at radius 2 is 0.638 bits per heavy atom. The molecule has 0 saturated carbocycles. The molecule has 2 unspecified atom stereocenters. The number of hydrogen-bond donors (Lipinski definition) is 2. The SMILES string of the molecule is CCCCCCCCCCC(O)C[S][Sn]([CH2]CCC)([CH2]CCC)[O][Sn]([CH2]CCC)([CH2]CCC)[S]CC(O)CCCCCCCCCC. The monoisotopic (exact) mass is 918 g/mol. The van der Waals surface area contributed by atoms with Gasteiger partial charge in [0.2, 0.25) is 0 Å². The van der Waals surface area contributed by atoms with Gasteiger partial charge in [-0.05, 0) is 0 Å². The Morgan fingerprint density at radius 3 is 0.915 bits per heavy atom. The van der Waals surface area contributed by atoms with Gasteiger partial charge in [0.1, 0.15) is 0 Å². The summed E-state index contributed by atoms with van der Waals surface area (Å²) in [5.41, 5.74) is 0. The van der Waals surface area contributed by atoms with Gasteiger partial charge in [-0.25, -0.2) is 0 Å². The van der Waals surface area contributed by atoms with Crippen molar-refractivity contribution in [2.45, 2.75) is 238 Å². The molecule has 47 heavy (non-hydrogen) atoms. The normalized spacial score (nSPS) is 13.8. The summed E-state index contributed by atoms with van der Waals surface area (Å²) in [6, 6.07) is 0. The minimum Gasteiger partial charge on any atom is -0.0654 e. The molecule has 0 spiro atoms. The maximum atomic E-state index is 11.2. The molecule has 3 nitrogen and oxygen atoms in total. The van der Waals surface area contributed by atoms with Crippen molar-refractivity contribution in [3.05, 3.63) is 0 Å². The van der Waals surface area contributed by atoms with Gasteiger partial charge >= 0.3 is 300 Å². The van der Waals surface area contributed by atoms with Gasteiger partial charge in [-0.1, -0.05) is 13.8 Å². The van der Waals surface area contributed by atoms with E-state index in [9.17, 15) is 10.2 Å². The van der Waals surface area contributed by atoms with Gasteiger partial charge < -0.3 is 0 Å². The second-order valence-electron chi connectivity index (χ2n) is 14.8. The molecule has 2 atom stereocenters. The number of unbranched alkanes of at least 4 members (excludes halogenated alkanes) is 18. The van der Waals surface area contributed by atoms with Crippen molar-refractivity contribution in [3.8, 4) is 0 Å². The summed E-state index contributed by atoms with van der Waals surface area (Å²) in [5, 5.41) is 22.4. The Bertz CT molecular complexity index is 575. The molecule has 0 radical (unpaired) electrons.